The molecule has 1 aliphatic rings. The van der Waals surface area contributed by atoms with Gasteiger partial charge in [0.25, 0.3) is 0 Å². The Morgan fingerprint density at radius 3 is 2.72 bits per heavy atom. The third-order valence-corrected chi connectivity index (χ3v) is 3.34. The zero-order valence-electron chi connectivity index (χ0n) is 11.6. The van der Waals surface area contributed by atoms with Crippen molar-refractivity contribution in [1.29, 1.82) is 0 Å². The molecule has 0 amide bonds. The monoisotopic (exact) mass is 252 g/mol. The predicted molar refractivity (Wildman–Crippen MR) is 71.6 cm³/mol. The van der Waals surface area contributed by atoms with Crippen molar-refractivity contribution >= 4 is 0 Å². The molecule has 1 unspecified atom stereocenters. The van der Waals surface area contributed by atoms with Crippen LogP contribution in [0.3, 0.4) is 0 Å². The maximum absolute atomic E-state index is 5.73. The van der Waals surface area contributed by atoms with Gasteiger partial charge in [0, 0.05) is 26.2 Å². The van der Waals surface area contributed by atoms with E-state index in [0.29, 0.717) is 12.2 Å². The minimum absolute atomic E-state index is 0.274. The van der Waals surface area contributed by atoms with E-state index >= 15 is 0 Å². The Kier molecular flexibility index (Phi) is 4.80. The highest BCUT2D eigenvalue weighted by molar-refractivity contribution is 5.02. The van der Waals surface area contributed by atoms with Gasteiger partial charge < -0.3 is 14.5 Å². The first kappa shape index (κ1) is 13.6. The summed E-state index contributed by atoms with van der Waals surface area (Å²) < 4.78 is 11.1. The second-order valence-corrected chi connectivity index (χ2v) is 5.21. The van der Waals surface area contributed by atoms with Crippen molar-refractivity contribution in [2.45, 2.75) is 39.0 Å². The molecule has 1 fully saturated rings. The van der Waals surface area contributed by atoms with E-state index in [0.717, 1.165) is 31.9 Å². The summed E-state index contributed by atoms with van der Waals surface area (Å²) in [5.74, 6) is 0.999. The number of hydrogen-bond acceptors (Lipinski definition) is 4. The number of ether oxygens (including phenoxy) is 1. The number of hydrogen-bond donors (Lipinski definition) is 1. The van der Waals surface area contributed by atoms with Gasteiger partial charge in [-0.25, -0.2) is 0 Å². The average molecular weight is 252 g/mol. The quantitative estimate of drug-likeness (QED) is 0.870. The van der Waals surface area contributed by atoms with Gasteiger partial charge in [0.1, 0.15) is 5.76 Å². The number of nitrogens with zero attached hydrogens (tertiary/aromatic N) is 1. The molecule has 18 heavy (non-hydrogen) atoms. The van der Waals surface area contributed by atoms with E-state index in [2.05, 4.69) is 31.0 Å². The van der Waals surface area contributed by atoms with Crippen molar-refractivity contribution in [3.63, 3.8) is 0 Å². The minimum atomic E-state index is 0.274. The van der Waals surface area contributed by atoms with Crippen molar-refractivity contribution in [3.8, 4) is 0 Å². The van der Waals surface area contributed by atoms with Gasteiger partial charge >= 0.3 is 0 Å². The zero-order chi connectivity index (χ0) is 13.0. The lowest BCUT2D eigenvalue weighted by molar-refractivity contribution is -0.0675. The largest absolute Gasteiger partial charge is 0.468 e. The van der Waals surface area contributed by atoms with E-state index in [-0.39, 0.29) is 6.04 Å². The van der Waals surface area contributed by atoms with Gasteiger partial charge in [-0.1, -0.05) is 0 Å². The highest BCUT2D eigenvalue weighted by atomic mass is 16.5. The van der Waals surface area contributed by atoms with Crippen LogP contribution in [-0.2, 0) is 4.74 Å². The standard InChI is InChI=1S/C14H24N2O2/c1-11-9-16(10-12(2)18-11)7-6-15-13(3)14-5-4-8-17-14/h4-5,8,11-13,15H,6-7,9-10H2,1-3H3/t11-,12+,13?. The van der Waals surface area contributed by atoms with Crippen LogP contribution in [-0.4, -0.2) is 43.3 Å². The number of morpholine rings is 1. The fraction of sp³-hybridized carbons (Fsp3) is 0.714. The molecule has 102 valence electrons. The zero-order valence-corrected chi connectivity index (χ0v) is 11.6. The molecule has 1 aromatic rings. The molecule has 0 aromatic carbocycles. The van der Waals surface area contributed by atoms with Gasteiger partial charge in [0.05, 0.1) is 24.5 Å². The molecule has 1 saturated heterocycles. The maximum atomic E-state index is 5.73. The summed E-state index contributed by atoms with van der Waals surface area (Å²) in [4.78, 5) is 2.46. The van der Waals surface area contributed by atoms with E-state index in [1.54, 1.807) is 6.26 Å². The molecule has 0 bridgehead atoms. The van der Waals surface area contributed by atoms with E-state index < -0.39 is 0 Å². The van der Waals surface area contributed by atoms with E-state index in [9.17, 15) is 0 Å². The van der Waals surface area contributed by atoms with Gasteiger partial charge in [0.15, 0.2) is 0 Å². The molecular weight excluding hydrogens is 228 g/mol. The Labute approximate surface area is 109 Å². The van der Waals surface area contributed by atoms with Crippen molar-refractivity contribution in [2.24, 2.45) is 0 Å². The van der Waals surface area contributed by atoms with Crippen molar-refractivity contribution in [3.05, 3.63) is 24.2 Å². The summed E-state index contributed by atoms with van der Waals surface area (Å²) in [6.45, 7) is 10.5. The average Bonchev–Trinajstić information content (AvgIpc) is 2.80. The highest BCUT2D eigenvalue weighted by Crippen LogP contribution is 2.12. The molecule has 2 rings (SSSR count). The maximum Gasteiger partial charge on any atom is 0.120 e. The molecule has 4 heteroatoms. The molecule has 0 aliphatic carbocycles. The van der Waals surface area contributed by atoms with E-state index in [1.807, 2.05) is 12.1 Å². The Morgan fingerprint density at radius 2 is 2.11 bits per heavy atom. The molecule has 0 saturated carbocycles. The Hall–Kier alpha value is -0.840. The smallest absolute Gasteiger partial charge is 0.120 e. The highest BCUT2D eigenvalue weighted by Gasteiger charge is 2.21. The van der Waals surface area contributed by atoms with Crippen LogP contribution in [0.25, 0.3) is 0 Å². The normalized spacial score (nSPS) is 27.3. The van der Waals surface area contributed by atoms with Gasteiger partial charge in [-0.2, -0.15) is 0 Å². The first-order chi connectivity index (χ1) is 8.65. The van der Waals surface area contributed by atoms with Gasteiger partial charge in [-0.05, 0) is 32.9 Å². The van der Waals surface area contributed by atoms with Crippen molar-refractivity contribution < 1.29 is 9.15 Å². The van der Waals surface area contributed by atoms with Crippen molar-refractivity contribution in [2.75, 3.05) is 26.2 Å². The van der Waals surface area contributed by atoms with E-state index in [1.165, 1.54) is 0 Å². The Morgan fingerprint density at radius 1 is 1.39 bits per heavy atom. The first-order valence-corrected chi connectivity index (χ1v) is 6.79. The predicted octanol–water partition coefficient (Wildman–Crippen LogP) is 2.04. The summed E-state index contributed by atoms with van der Waals surface area (Å²) >= 11 is 0. The van der Waals surface area contributed by atoms with Crippen LogP contribution >= 0.6 is 0 Å². The molecule has 4 nitrogen and oxygen atoms in total. The summed E-state index contributed by atoms with van der Waals surface area (Å²) in [7, 11) is 0. The van der Waals surface area contributed by atoms with Crippen LogP contribution in [0, 0.1) is 0 Å². The number of rotatable bonds is 5. The van der Waals surface area contributed by atoms with Crippen molar-refractivity contribution in [1.82, 2.24) is 10.2 Å². The lowest BCUT2D eigenvalue weighted by atomic mass is 10.2. The second kappa shape index (κ2) is 6.36. The molecule has 3 atom stereocenters. The van der Waals surface area contributed by atoms with Gasteiger partial charge in [-0.3, -0.25) is 4.90 Å². The fourth-order valence-electron chi connectivity index (χ4n) is 2.54. The van der Waals surface area contributed by atoms with Crippen LogP contribution in [0.2, 0.25) is 0 Å². The Balaban J connectivity index is 1.69. The molecule has 1 aromatic heterocycles. The molecule has 0 radical (unpaired) electrons. The number of furan rings is 1. The molecule has 1 N–H and O–H groups in total. The van der Waals surface area contributed by atoms with Gasteiger partial charge in [0.2, 0.25) is 0 Å². The fourth-order valence-corrected chi connectivity index (χ4v) is 2.54. The van der Waals surface area contributed by atoms with E-state index in [4.69, 9.17) is 9.15 Å². The van der Waals surface area contributed by atoms with Crippen LogP contribution in [0.5, 0.6) is 0 Å². The molecule has 0 spiro atoms. The third kappa shape index (κ3) is 3.83. The summed E-state index contributed by atoms with van der Waals surface area (Å²) in [5, 5.41) is 3.49. The van der Waals surface area contributed by atoms with Gasteiger partial charge in [-0.15, -0.1) is 0 Å². The third-order valence-electron chi connectivity index (χ3n) is 3.34. The summed E-state index contributed by atoms with van der Waals surface area (Å²) in [6.07, 6.45) is 2.41. The van der Waals surface area contributed by atoms with Crippen LogP contribution in [0.4, 0.5) is 0 Å². The summed E-state index contributed by atoms with van der Waals surface area (Å²) in [6, 6.07) is 4.21. The first-order valence-electron chi connectivity index (χ1n) is 6.79. The lowest BCUT2D eigenvalue weighted by Gasteiger charge is -2.35. The minimum Gasteiger partial charge on any atom is -0.468 e. The second-order valence-electron chi connectivity index (χ2n) is 5.21. The van der Waals surface area contributed by atoms with Crippen LogP contribution in [0.15, 0.2) is 22.8 Å². The topological polar surface area (TPSA) is 37.6 Å². The SMILES string of the molecule is CC(NCCN1C[C@@H](C)O[C@@H](C)C1)c1ccco1. The Bertz CT molecular complexity index is 330. The molecule has 2 heterocycles. The van der Waals surface area contributed by atoms with Crippen LogP contribution < -0.4 is 5.32 Å². The molecule has 1 aliphatic heterocycles. The lowest BCUT2D eigenvalue weighted by Crippen LogP contribution is -2.47. The van der Waals surface area contributed by atoms with Crippen LogP contribution in [0.1, 0.15) is 32.6 Å². The molecular formula is C14H24N2O2. The number of nitrogens with one attached hydrogen (secondary N) is 1. The summed E-state index contributed by atoms with van der Waals surface area (Å²) in [5.41, 5.74) is 0.